The molecule has 11 heteroatoms. The first-order chi connectivity index (χ1) is 37.1. The van der Waals surface area contributed by atoms with Gasteiger partial charge in [0.1, 0.15) is 48.8 Å². The summed E-state index contributed by atoms with van der Waals surface area (Å²) in [5.74, 6) is 0. The monoisotopic (exact) mass is 1030 g/mol. The molecule has 0 unspecified atom stereocenters. The van der Waals surface area contributed by atoms with E-state index in [1.54, 1.807) is 7.11 Å². The highest BCUT2D eigenvalue weighted by Gasteiger charge is 2.54. The molecule has 0 aliphatic carbocycles. The van der Waals surface area contributed by atoms with E-state index in [4.69, 9.17) is 52.1 Å². The minimum atomic E-state index is -1.02. The number of benzene rings is 5. The van der Waals surface area contributed by atoms with Crippen molar-refractivity contribution >= 4 is 0 Å². The van der Waals surface area contributed by atoms with Gasteiger partial charge < -0.3 is 52.1 Å². The van der Waals surface area contributed by atoms with Crippen LogP contribution in [0.2, 0.25) is 0 Å². The Kier molecular flexibility index (Phi) is 26.8. The van der Waals surface area contributed by atoms with E-state index in [0.717, 1.165) is 53.5 Å². The maximum Gasteiger partial charge on any atom is 0.187 e. The molecule has 2 aliphatic rings. The van der Waals surface area contributed by atoms with Crippen LogP contribution in [0.15, 0.2) is 152 Å². The second-order valence-electron chi connectivity index (χ2n) is 19.9. The highest BCUT2D eigenvalue weighted by molar-refractivity contribution is 5.17. The van der Waals surface area contributed by atoms with Gasteiger partial charge in [0.05, 0.1) is 46.2 Å². The van der Waals surface area contributed by atoms with Crippen LogP contribution in [0, 0.1) is 0 Å². The molecule has 2 fully saturated rings. The minimum Gasteiger partial charge on any atom is -0.379 e. The molecular formula is C64H86O11. The van der Waals surface area contributed by atoms with Gasteiger partial charge in [-0.05, 0) is 40.7 Å². The molecule has 0 amide bonds. The van der Waals surface area contributed by atoms with Crippen molar-refractivity contribution < 1.29 is 52.1 Å². The predicted molar refractivity (Wildman–Crippen MR) is 293 cm³/mol. The Morgan fingerprint density at radius 2 is 0.693 bits per heavy atom. The Morgan fingerprint density at radius 3 is 1.16 bits per heavy atom. The lowest BCUT2D eigenvalue weighted by atomic mass is 9.95. The first kappa shape index (κ1) is 58.3. The quantitative estimate of drug-likeness (QED) is 0.0358. The van der Waals surface area contributed by atoms with Crippen LogP contribution in [-0.2, 0) is 85.1 Å². The van der Waals surface area contributed by atoms with Crippen molar-refractivity contribution in [3.05, 3.63) is 179 Å². The van der Waals surface area contributed by atoms with Crippen molar-refractivity contribution in [2.75, 3.05) is 33.5 Å². The molecule has 7 rings (SSSR count). The van der Waals surface area contributed by atoms with E-state index in [1.165, 1.54) is 51.4 Å². The molecule has 5 aromatic carbocycles. The summed E-state index contributed by atoms with van der Waals surface area (Å²) in [5, 5.41) is 0. The molecule has 0 radical (unpaired) electrons. The Morgan fingerprint density at radius 1 is 0.333 bits per heavy atom. The van der Waals surface area contributed by atoms with E-state index in [-0.39, 0.29) is 33.0 Å². The van der Waals surface area contributed by atoms with Gasteiger partial charge in [0.2, 0.25) is 0 Å². The number of ether oxygens (including phenoxy) is 11. The zero-order valence-corrected chi connectivity index (χ0v) is 45.0. The van der Waals surface area contributed by atoms with Crippen molar-refractivity contribution in [2.24, 2.45) is 0 Å². The molecule has 75 heavy (non-hydrogen) atoms. The lowest BCUT2D eigenvalue weighted by Crippen LogP contribution is -2.66. The zero-order chi connectivity index (χ0) is 52.0. The van der Waals surface area contributed by atoms with Gasteiger partial charge in [0.25, 0.3) is 0 Å². The van der Waals surface area contributed by atoms with Crippen molar-refractivity contribution in [3.63, 3.8) is 0 Å². The maximum atomic E-state index is 7.54. The third kappa shape index (κ3) is 19.9. The molecule has 408 valence electrons. The highest BCUT2D eigenvalue weighted by atomic mass is 16.8. The SMILES string of the molecule is CCCCCCCCOC[C@H]1O[C@@H](O[C@H]2[C@H](OCc3ccccc3)[C@@H](OCc3ccccc3)[C@H](OC)O[C@@H]2COCc2ccccc2)[C@H](OCc2ccccc2)[C@@H](OCc2ccccc2)[C@H]1OCCCCCCCC. The Balaban J connectivity index is 1.26. The molecule has 5 aromatic rings. The number of hydrogen-bond acceptors (Lipinski definition) is 11. The second-order valence-corrected chi connectivity index (χ2v) is 19.9. The molecule has 0 saturated carbocycles. The minimum absolute atomic E-state index is 0.154. The Bertz CT molecular complexity index is 2170. The molecule has 0 bridgehead atoms. The third-order valence-corrected chi connectivity index (χ3v) is 14.0. The van der Waals surface area contributed by atoms with Crippen LogP contribution in [0.1, 0.15) is 119 Å². The van der Waals surface area contributed by atoms with Crippen molar-refractivity contribution in [1.82, 2.24) is 0 Å². The fraction of sp³-hybridized carbons (Fsp3) is 0.531. The lowest BCUT2D eigenvalue weighted by molar-refractivity contribution is -0.375. The average Bonchev–Trinajstić information content (AvgIpc) is 3.46. The molecule has 10 atom stereocenters. The van der Waals surface area contributed by atoms with Crippen LogP contribution in [0.4, 0.5) is 0 Å². The molecular weight excluding hydrogens is 945 g/mol. The Labute approximate surface area is 448 Å². The summed E-state index contributed by atoms with van der Waals surface area (Å²) in [5.41, 5.74) is 5.06. The molecule has 11 nitrogen and oxygen atoms in total. The standard InChI is InChI=1S/C64H86O11/c1-4-6-8-10-12-29-41-66-48-55-57(68-42-30-13-11-9-7-5-2)59(69-44-51-33-21-15-22-34-51)62(72-47-54-39-27-18-28-40-54)64(74-55)75-58-56(49-67-43-50-31-19-14-20-32-50)73-63(65-3)61(71-46-53-37-25-17-26-38-53)60(58)70-45-52-35-23-16-24-36-52/h14-28,31-40,55-64H,4-13,29-30,41-49H2,1-3H3/t55-,56-,57+,58-,59+,60+,61-,62-,63-,64+/m1/s1. The lowest BCUT2D eigenvalue weighted by Gasteiger charge is -2.50. The third-order valence-electron chi connectivity index (χ3n) is 14.0. The maximum absolute atomic E-state index is 7.54. The van der Waals surface area contributed by atoms with Crippen LogP contribution < -0.4 is 0 Å². The zero-order valence-electron chi connectivity index (χ0n) is 45.0. The van der Waals surface area contributed by atoms with Crippen LogP contribution in [-0.4, -0.2) is 94.9 Å². The number of unbranched alkanes of at least 4 members (excludes halogenated alkanes) is 10. The van der Waals surface area contributed by atoms with E-state index in [0.29, 0.717) is 26.4 Å². The Hall–Kier alpha value is -4.34. The molecule has 0 aromatic heterocycles. The van der Waals surface area contributed by atoms with E-state index in [1.807, 2.05) is 115 Å². The van der Waals surface area contributed by atoms with Gasteiger partial charge in [-0.1, -0.05) is 230 Å². The fourth-order valence-electron chi connectivity index (χ4n) is 9.80. The average molecular weight is 1030 g/mol. The van der Waals surface area contributed by atoms with Crippen molar-refractivity contribution in [2.45, 2.75) is 185 Å². The van der Waals surface area contributed by atoms with Gasteiger partial charge in [0.15, 0.2) is 12.6 Å². The van der Waals surface area contributed by atoms with Crippen LogP contribution in [0.3, 0.4) is 0 Å². The van der Waals surface area contributed by atoms with Gasteiger partial charge in [0, 0.05) is 20.3 Å². The number of hydrogen-bond donors (Lipinski definition) is 0. The fourth-order valence-corrected chi connectivity index (χ4v) is 9.80. The summed E-state index contributed by atoms with van der Waals surface area (Å²) in [7, 11) is 1.63. The molecule has 2 saturated heterocycles. The van der Waals surface area contributed by atoms with Crippen molar-refractivity contribution in [1.29, 1.82) is 0 Å². The summed E-state index contributed by atoms with van der Waals surface area (Å²) in [6, 6.07) is 50.7. The molecule has 0 spiro atoms. The summed E-state index contributed by atoms with van der Waals surface area (Å²) >= 11 is 0. The second kappa shape index (κ2) is 34.4. The topological polar surface area (TPSA) is 102 Å². The molecule has 2 heterocycles. The predicted octanol–water partition coefficient (Wildman–Crippen LogP) is 13.1. The van der Waals surface area contributed by atoms with Gasteiger partial charge in [-0.25, -0.2) is 0 Å². The van der Waals surface area contributed by atoms with E-state index in [2.05, 4.69) is 50.2 Å². The van der Waals surface area contributed by atoms with Gasteiger partial charge >= 0.3 is 0 Å². The summed E-state index contributed by atoms with van der Waals surface area (Å²) in [6.45, 7) is 7.60. The smallest absolute Gasteiger partial charge is 0.187 e. The van der Waals surface area contributed by atoms with Crippen LogP contribution in [0.25, 0.3) is 0 Å². The first-order valence-corrected chi connectivity index (χ1v) is 28.1. The normalized spacial score (nSPS) is 23.8. The first-order valence-electron chi connectivity index (χ1n) is 28.1. The summed E-state index contributed by atoms with van der Waals surface area (Å²) < 4.78 is 76.2. The van der Waals surface area contributed by atoms with Crippen LogP contribution in [0.5, 0.6) is 0 Å². The molecule has 2 aliphatic heterocycles. The van der Waals surface area contributed by atoms with E-state index < -0.39 is 61.4 Å². The van der Waals surface area contributed by atoms with Crippen molar-refractivity contribution in [3.8, 4) is 0 Å². The molecule has 0 N–H and O–H groups in total. The van der Waals surface area contributed by atoms with Crippen LogP contribution >= 0.6 is 0 Å². The van der Waals surface area contributed by atoms with E-state index >= 15 is 0 Å². The summed E-state index contributed by atoms with van der Waals surface area (Å²) in [6.07, 6.45) is 6.37. The van der Waals surface area contributed by atoms with Gasteiger partial charge in [-0.15, -0.1) is 0 Å². The number of rotatable bonds is 36. The van der Waals surface area contributed by atoms with E-state index in [9.17, 15) is 0 Å². The number of methoxy groups -OCH3 is 1. The van der Waals surface area contributed by atoms with Gasteiger partial charge in [-0.2, -0.15) is 0 Å². The largest absolute Gasteiger partial charge is 0.379 e. The summed E-state index contributed by atoms with van der Waals surface area (Å²) in [4.78, 5) is 0. The van der Waals surface area contributed by atoms with Gasteiger partial charge in [-0.3, -0.25) is 0 Å². The highest BCUT2D eigenvalue weighted by Crippen LogP contribution is 2.37.